The summed E-state index contributed by atoms with van der Waals surface area (Å²) in [6, 6.07) is 5.69. The average Bonchev–Trinajstić information content (AvgIpc) is 3.28. The molecule has 0 amide bonds. The second-order valence-electron chi connectivity index (χ2n) is 7.63. The van der Waals surface area contributed by atoms with Gasteiger partial charge in [0.15, 0.2) is 11.3 Å². The lowest BCUT2D eigenvalue weighted by molar-refractivity contribution is 0.268. The molecule has 4 rings (SSSR count). The fourth-order valence-corrected chi connectivity index (χ4v) is 3.80. The zero-order valence-corrected chi connectivity index (χ0v) is 18.7. The molecule has 0 spiro atoms. The molecule has 0 fully saturated rings. The summed E-state index contributed by atoms with van der Waals surface area (Å²) in [4.78, 5) is 20.3. The van der Waals surface area contributed by atoms with Gasteiger partial charge in [-0.05, 0) is 44.9 Å². The lowest BCUT2D eigenvalue weighted by atomic mass is 10.1. The second kappa shape index (κ2) is 8.91. The van der Waals surface area contributed by atoms with E-state index in [9.17, 15) is 9.90 Å². The third kappa shape index (κ3) is 3.89. The molecule has 10 nitrogen and oxygen atoms in total. The summed E-state index contributed by atoms with van der Waals surface area (Å²) < 4.78 is 9.12. The van der Waals surface area contributed by atoms with E-state index in [1.54, 1.807) is 9.20 Å². The number of rotatable bonds is 8. The van der Waals surface area contributed by atoms with Crippen LogP contribution in [0.3, 0.4) is 0 Å². The molecule has 0 aliphatic rings. The Labute approximate surface area is 184 Å². The summed E-state index contributed by atoms with van der Waals surface area (Å²) in [7, 11) is 0. The third-order valence-corrected chi connectivity index (χ3v) is 5.33. The van der Waals surface area contributed by atoms with Gasteiger partial charge < -0.3 is 14.8 Å². The molecule has 0 radical (unpaired) electrons. The van der Waals surface area contributed by atoms with Crippen molar-refractivity contribution in [3.63, 3.8) is 0 Å². The number of benzene rings is 1. The first-order chi connectivity index (χ1) is 15.5. The Hall–Kier alpha value is -3.53. The van der Waals surface area contributed by atoms with Gasteiger partial charge in [-0.25, -0.2) is 14.2 Å². The molecule has 2 N–H and O–H groups in total. The van der Waals surface area contributed by atoms with Crippen LogP contribution in [0.25, 0.3) is 16.9 Å². The predicted molar refractivity (Wildman–Crippen MR) is 119 cm³/mol. The number of nitrogens with one attached hydrogen (secondary N) is 1. The molecule has 0 unspecified atom stereocenters. The van der Waals surface area contributed by atoms with E-state index in [1.165, 1.54) is 0 Å². The van der Waals surface area contributed by atoms with Gasteiger partial charge in [-0.2, -0.15) is 0 Å². The Bertz CT molecular complexity index is 1320. The molecule has 0 aliphatic carbocycles. The molecule has 10 heteroatoms. The van der Waals surface area contributed by atoms with Crippen LogP contribution in [-0.4, -0.2) is 46.3 Å². The van der Waals surface area contributed by atoms with E-state index in [2.05, 4.69) is 27.2 Å². The maximum absolute atomic E-state index is 12.9. The van der Waals surface area contributed by atoms with Gasteiger partial charge in [0.25, 0.3) is 5.56 Å². The second-order valence-corrected chi connectivity index (χ2v) is 7.63. The maximum atomic E-state index is 12.9. The van der Waals surface area contributed by atoms with E-state index in [4.69, 9.17) is 9.84 Å². The number of aliphatic hydroxyl groups excluding tert-OH is 1. The van der Waals surface area contributed by atoms with Gasteiger partial charge in [0.05, 0.1) is 42.4 Å². The van der Waals surface area contributed by atoms with Gasteiger partial charge in [0, 0.05) is 6.42 Å². The van der Waals surface area contributed by atoms with E-state index in [0.29, 0.717) is 52.9 Å². The van der Waals surface area contributed by atoms with Crippen molar-refractivity contribution in [3.05, 3.63) is 57.0 Å². The molecule has 32 heavy (non-hydrogen) atoms. The summed E-state index contributed by atoms with van der Waals surface area (Å²) >= 11 is 0. The lowest BCUT2D eigenvalue weighted by Gasteiger charge is -2.13. The molecule has 0 saturated carbocycles. The molecule has 0 atom stereocenters. The van der Waals surface area contributed by atoms with E-state index < -0.39 is 0 Å². The van der Waals surface area contributed by atoms with Crippen molar-refractivity contribution in [2.24, 2.45) is 0 Å². The standard InChI is InChI=1S/C22H27N7O3/c1-5-7-19-23-14(4)20-22(31)24-21(26-29(19)20)16-10-15(8-9-18(16)32-6-2)11-28-17(12-30)13(3)25-27-28/h8-10,30H,5-7,11-12H2,1-4H3,(H,24,26,31). The number of hydrogen-bond acceptors (Lipinski definition) is 7. The minimum Gasteiger partial charge on any atom is -0.493 e. The van der Waals surface area contributed by atoms with Gasteiger partial charge in [-0.15, -0.1) is 10.2 Å². The Kier molecular flexibility index (Phi) is 6.04. The molecule has 1 aromatic carbocycles. The Morgan fingerprint density at radius 1 is 1.19 bits per heavy atom. The summed E-state index contributed by atoms with van der Waals surface area (Å²) in [6.07, 6.45) is 1.62. The minimum absolute atomic E-state index is 0.144. The van der Waals surface area contributed by atoms with Crippen molar-refractivity contribution in [1.29, 1.82) is 0 Å². The number of ether oxygens (including phenoxy) is 1. The highest BCUT2D eigenvalue weighted by atomic mass is 16.5. The van der Waals surface area contributed by atoms with E-state index in [0.717, 1.165) is 24.2 Å². The van der Waals surface area contributed by atoms with Crippen LogP contribution in [0, 0.1) is 13.8 Å². The molecule has 168 valence electrons. The Morgan fingerprint density at radius 2 is 2.00 bits per heavy atom. The number of fused-ring (bicyclic) bond motifs is 1. The zero-order chi connectivity index (χ0) is 22.8. The third-order valence-electron chi connectivity index (χ3n) is 5.33. The fraction of sp³-hybridized carbons (Fsp3) is 0.409. The van der Waals surface area contributed by atoms with Crippen LogP contribution in [0.15, 0.2) is 23.0 Å². The number of H-pyrrole nitrogens is 1. The van der Waals surface area contributed by atoms with Gasteiger partial charge in [0.1, 0.15) is 11.6 Å². The number of imidazole rings is 1. The minimum atomic E-state index is -0.246. The van der Waals surface area contributed by atoms with Crippen molar-refractivity contribution in [1.82, 2.24) is 34.6 Å². The molecule has 0 aliphatic heterocycles. The topological polar surface area (TPSA) is 123 Å². The summed E-state index contributed by atoms with van der Waals surface area (Å²) in [5.41, 5.74) is 3.79. The van der Waals surface area contributed by atoms with Crippen molar-refractivity contribution < 1.29 is 9.84 Å². The Morgan fingerprint density at radius 3 is 2.72 bits per heavy atom. The number of aryl methyl sites for hydroxylation is 3. The van der Waals surface area contributed by atoms with Crippen molar-refractivity contribution >= 4 is 5.52 Å². The average molecular weight is 438 g/mol. The van der Waals surface area contributed by atoms with Crippen LogP contribution in [0.1, 0.15) is 48.7 Å². The largest absolute Gasteiger partial charge is 0.493 e. The first kappa shape index (κ1) is 21.7. The summed E-state index contributed by atoms with van der Waals surface area (Å²) in [5.74, 6) is 1.77. The van der Waals surface area contributed by atoms with Crippen LogP contribution in [-0.2, 0) is 19.6 Å². The van der Waals surface area contributed by atoms with E-state index >= 15 is 0 Å². The first-order valence-electron chi connectivity index (χ1n) is 10.7. The maximum Gasteiger partial charge on any atom is 0.277 e. The van der Waals surface area contributed by atoms with E-state index in [-0.39, 0.29) is 12.2 Å². The molecular formula is C22H27N7O3. The smallest absolute Gasteiger partial charge is 0.277 e. The van der Waals surface area contributed by atoms with Crippen molar-refractivity contribution in [2.75, 3.05) is 6.61 Å². The monoisotopic (exact) mass is 437 g/mol. The number of aliphatic hydroxyl groups is 1. The van der Waals surface area contributed by atoms with Gasteiger partial charge in [0.2, 0.25) is 0 Å². The number of hydrogen-bond donors (Lipinski definition) is 2. The van der Waals surface area contributed by atoms with Crippen molar-refractivity contribution in [2.45, 2.75) is 53.7 Å². The van der Waals surface area contributed by atoms with Crippen molar-refractivity contribution in [3.8, 4) is 17.1 Å². The summed E-state index contributed by atoms with van der Waals surface area (Å²) in [6.45, 7) is 8.33. The number of aromatic amines is 1. The number of nitrogens with zero attached hydrogens (tertiary/aromatic N) is 6. The van der Waals surface area contributed by atoms with E-state index in [1.807, 2.05) is 39.0 Å². The first-order valence-corrected chi connectivity index (χ1v) is 10.7. The SMILES string of the molecule is CCCc1nc(C)c2c(=O)[nH]c(-c3cc(Cn4nnc(C)c4CO)ccc3OCC)nn12. The summed E-state index contributed by atoms with van der Waals surface area (Å²) in [5, 5.41) is 22.5. The highest BCUT2D eigenvalue weighted by Gasteiger charge is 2.18. The Balaban J connectivity index is 1.84. The molecule has 0 saturated heterocycles. The van der Waals surface area contributed by atoms with Gasteiger partial charge in [-0.3, -0.25) is 4.79 Å². The molecule has 0 bridgehead atoms. The molecule has 3 aromatic heterocycles. The molecule has 3 heterocycles. The van der Waals surface area contributed by atoms with Gasteiger partial charge >= 0.3 is 0 Å². The lowest BCUT2D eigenvalue weighted by Crippen LogP contribution is -2.16. The van der Waals surface area contributed by atoms with Crippen LogP contribution in [0.4, 0.5) is 0 Å². The molecule has 4 aromatic rings. The van der Waals surface area contributed by atoms with Gasteiger partial charge in [-0.1, -0.05) is 18.2 Å². The van der Waals surface area contributed by atoms with Crippen LogP contribution < -0.4 is 10.3 Å². The normalized spacial score (nSPS) is 11.4. The van der Waals surface area contributed by atoms with Crippen LogP contribution >= 0.6 is 0 Å². The predicted octanol–water partition coefficient (Wildman–Crippen LogP) is 2.18. The van der Waals surface area contributed by atoms with Crippen LogP contribution in [0.5, 0.6) is 5.75 Å². The highest BCUT2D eigenvalue weighted by Crippen LogP contribution is 2.29. The fourth-order valence-electron chi connectivity index (χ4n) is 3.80. The quantitative estimate of drug-likeness (QED) is 0.433. The highest BCUT2D eigenvalue weighted by molar-refractivity contribution is 5.66. The number of aromatic nitrogens is 7. The zero-order valence-electron chi connectivity index (χ0n) is 18.7. The molecular weight excluding hydrogens is 410 g/mol. The van der Waals surface area contributed by atoms with Crippen LogP contribution in [0.2, 0.25) is 0 Å².